The van der Waals surface area contributed by atoms with E-state index in [4.69, 9.17) is 14.7 Å². The lowest BCUT2D eigenvalue weighted by molar-refractivity contribution is -0.105. The van der Waals surface area contributed by atoms with Crippen LogP contribution in [0.15, 0.2) is 18.2 Å². The summed E-state index contributed by atoms with van der Waals surface area (Å²) in [6.07, 6.45) is -2.85. The number of ether oxygens (including phenoxy) is 2. The molecule has 7 nitrogen and oxygen atoms in total. The molecule has 2 N–H and O–H groups in total. The van der Waals surface area contributed by atoms with Gasteiger partial charge in [0.15, 0.2) is 0 Å². The highest BCUT2D eigenvalue weighted by Gasteiger charge is 2.52. The number of halogens is 1. The summed E-state index contributed by atoms with van der Waals surface area (Å²) in [5.41, 5.74) is -2.60. The van der Waals surface area contributed by atoms with Crippen LogP contribution in [0, 0.1) is 17.1 Å². The summed E-state index contributed by atoms with van der Waals surface area (Å²) in [5.74, 6) is -0.677. The molecule has 142 valence electrons. The second kappa shape index (κ2) is 7.09. The van der Waals surface area contributed by atoms with Crippen LogP contribution in [-0.2, 0) is 4.74 Å². The molecule has 1 amide bonds. The Kier molecular flexibility index (Phi) is 5.44. The summed E-state index contributed by atoms with van der Waals surface area (Å²) in [4.78, 5) is 13.5. The second-order valence-corrected chi connectivity index (χ2v) is 7.39. The summed E-state index contributed by atoms with van der Waals surface area (Å²) in [5, 5.41) is 29.6. The molecule has 1 heterocycles. The van der Waals surface area contributed by atoms with E-state index in [2.05, 4.69) is 0 Å². The van der Waals surface area contributed by atoms with Crippen molar-refractivity contribution in [3.63, 3.8) is 0 Å². The molecule has 2 rings (SSSR count). The van der Waals surface area contributed by atoms with E-state index in [9.17, 15) is 19.4 Å². The Balaban J connectivity index is 2.21. The van der Waals surface area contributed by atoms with Crippen molar-refractivity contribution in [3.8, 4) is 11.8 Å². The molecule has 3 atom stereocenters. The second-order valence-electron chi connectivity index (χ2n) is 7.39. The molecule has 1 aliphatic rings. The number of amides is 1. The van der Waals surface area contributed by atoms with Gasteiger partial charge in [-0.3, -0.25) is 0 Å². The summed E-state index contributed by atoms with van der Waals surface area (Å²) in [7, 11) is 0. The molecule has 0 spiro atoms. The van der Waals surface area contributed by atoms with E-state index in [0.29, 0.717) is 0 Å². The zero-order valence-corrected chi connectivity index (χ0v) is 15.2. The van der Waals surface area contributed by atoms with E-state index in [-0.39, 0.29) is 24.4 Å². The first-order valence-electron chi connectivity index (χ1n) is 8.21. The number of benzene rings is 1. The standard InChI is InChI=1S/C18H23FN2O5/c1-11(22)18(24)10-21(16(23)26-17(2,3)4)9-15(18)25-13-6-5-12(8-20)14(19)7-13/h5-7,11,15,22,24H,9-10H2,1-4H3/t11?,15-,18+/m0/s1. The van der Waals surface area contributed by atoms with Crippen LogP contribution in [0.3, 0.4) is 0 Å². The molecule has 0 saturated carbocycles. The van der Waals surface area contributed by atoms with Crippen LogP contribution < -0.4 is 4.74 Å². The van der Waals surface area contributed by atoms with Crippen LogP contribution >= 0.6 is 0 Å². The smallest absolute Gasteiger partial charge is 0.410 e. The lowest BCUT2D eigenvalue weighted by Gasteiger charge is -2.31. The number of likely N-dealkylation sites (tertiary alicyclic amines) is 1. The number of aliphatic hydroxyl groups excluding tert-OH is 1. The van der Waals surface area contributed by atoms with Gasteiger partial charge in [0.1, 0.15) is 34.9 Å². The number of rotatable bonds is 3. The largest absolute Gasteiger partial charge is 0.485 e. The van der Waals surface area contributed by atoms with Gasteiger partial charge in [-0.2, -0.15) is 5.26 Å². The Bertz CT molecular complexity index is 725. The van der Waals surface area contributed by atoms with Gasteiger partial charge in [-0.05, 0) is 39.8 Å². The molecule has 0 radical (unpaired) electrons. The SMILES string of the molecule is CC(O)[C@]1(O)CN(C(=O)OC(C)(C)C)C[C@@H]1Oc1ccc(C#N)c(F)c1. The number of carbonyl (C=O) groups excluding carboxylic acids is 1. The number of nitrogens with zero attached hydrogens (tertiary/aromatic N) is 2. The van der Waals surface area contributed by atoms with E-state index < -0.39 is 35.3 Å². The third-order valence-corrected chi connectivity index (χ3v) is 4.10. The van der Waals surface area contributed by atoms with E-state index in [1.165, 1.54) is 24.0 Å². The van der Waals surface area contributed by atoms with Crippen LogP contribution in [0.4, 0.5) is 9.18 Å². The number of carbonyl (C=O) groups is 1. The summed E-state index contributed by atoms with van der Waals surface area (Å²) in [6, 6.07) is 5.38. The molecule has 1 saturated heterocycles. The minimum Gasteiger partial charge on any atom is -0.485 e. The molecule has 1 aliphatic heterocycles. The van der Waals surface area contributed by atoms with Gasteiger partial charge in [-0.15, -0.1) is 0 Å². The van der Waals surface area contributed by atoms with Crippen molar-refractivity contribution in [2.75, 3.05) is 13.1 Å². The molecule has 0 bridgehead atoms. The van der Waals surface area contributed by atoms with Gasteiger partial charge in [-0.1, -0.05) is 0 Å². The summed E-state index contributed by atoms with van der Waals surface area (Å²) >= 11 is 0. The third-order valence-electron chi connectivity index (χ3n) is 4.10. The van der Waals surface area contributed by atoms with Crippen molar-refractivity contribution in [2.45, 2.75) is 51.1 Å². The quantitative estimate of drug-likeness (QED) is 0.846. The van der Waals surface area contributed by atoms with Crippen LogP contribution in [0.25, 0.3) is 0 Å². The predicted octanol–water partition coefficient (Wildman–Crippen LogP) is 1.81. The van der Waals surface area contributed by atoms with Crippen molar-refractivity contribution in [1.29, 1.82) is 5.26 Å². The maximum atomic E-state index is 13.8. The highest BCUT2D eigenvalue weighted by atomic mass is 19.1. The summed E-state index contributed by atoms with van der Waals surface area (Å²) in [6.45, 7) is 6.30. The average Bonchev–Trinajstić information content (AvgIpc) is 2.84. The third kappa shape index (κ3) is 4.23. The van der Waals surface area contributed by atoms with E-state index in [1.54, 1.807) is 26.8 Å². The fourth-order valence-corrected chi connectivity index (χ4v) is 2.66. The molecule has 8 heteroatoms. The van der Waals surface area contributed by atoms with Crippen molar-refractivity contribution >= 4 is 6.09 Å². The van der Waals surface area contributed by atoms with Gasteiger partial charge in [0, 0.05) is 6.07 Å². The maximum Gasteiger partial charge on any atom is 0.410 e. The Hall–Kier alpha value is -2.37. The van der Waals surface area contributed by atoms with Crippen LogP contribution in [0.2, 0.25) is 0 Å². The fraction of sp³-hybridized carbons (Fsp3) is 0.556. The molecule has 0 aliphatic carbocycles. The van der Waals surface area contributed by atoms with Crippen molar-refractivity contribution < 1.29 is 28.9 Å². The Labute approximate surface area is 151 Å². The first kappa shape index (κ1) is 19.9. The topological polar surface area (TPSA) is 103 Å². The average molecular weight is 366 g/mol. The predicted molar refractivity (Wildman–Crippen MR) is 90.0 cm³/mol. The highest BCUT2D eigenvalue weighted by molar-refractivity contribution is 5.69. The Morgan fingerprint density at radius 3 is 2.65 bits per heavy atom. The van der Waals surface area contributed by atoms with E-state index in [0.717, 1.165) is 6.07 Å². The minimum absolute atomic E-state index is 0.0437. The van der Waals surface area contributed by atoms with Crippen LogP contribution in [0.1, 0.15) is 33.3 Å². The lowest BCUT2D eigenvalue weighted by atomic mass is 9.94. The molecule has 26 heavy (non-hydrogen) atoms. The molecular weight excluding hydrogens is 343 g/mol. The van der Waals surface area contributed by atoms with E-state index in [1.807, 2.05) is 0 Å². The first-order valence-corrected chi connectivity index (χ1v) is 8.21. The molecule has 1 unspecified atom stereocenters. The molecule has 1 aromatic carbocycles. The number of β-amino-alcohol motifs (C(OH)–C–C–N with tert-alkyl or cyclic N) is 1. The lowest BCUT2D eigenvalue weighted by Crippen LogP contribution is -2.53. The van der Waals surface area contributed by atoms with E-state index >= 15 is 0 Å². The highest BCUT2D eigenvalue weighted by Crippen LogP contribution is 2.31. The van der Waals surface area contributed by atoms with Crippen LogP contribution in [0.5, 0.6) is 5.75 Å². The molecule has 1 aromatic rings. The fourth-order valence-electron chi connectivity index (χ4n) is 2.66. The van der Waals surface area contributed by atoms with Crippen molar-refractivity contribution in [1.82, 2.24) is 4.90 Å². The van der Waals surface area contributed by atoms with Gasteiger partial charge in [0.05, 0.1) is 24.8 Å². The zero-order valence-electron chi connectivity index (χ0n) is 15.2. The van der Waals surface area contributed by atoms with Gasteiger partial charge in [0.2, 0.25) is 0 Å². The van der Waals surface area contributed by atoms with Crippen molar-refractivity contribution in [3.05, 3.63) is 29.6 Å². The van der Waals surface area contributed by atoms with Gasteiger partial charge in [0.25, 0.3) is 0 Å². The number of hydrogen-bond acceptors (Lipinski definition) is 6. The summed E-state index contributed by atoms with van der Waals surface area (Å²) < 4.78 is 24.7. The molecule has 1 fully saturated rings. The maximum absolute atomic E-state index is 13.8. The normalized spacial score (nSPS) is 24.1. The van der Waals surface area contributed by atoms with Gasteiger partial charge < -0.3 is 24.6 Å². The number of hydrogen-bond donors (Lipinski definition) is 2. The monoisotopic (exact) mass is 366 g/mol. The Morgan fingerprint density at radius 2 is 2.15 bits per heavy atom. The van der Waals surface area contributed by atoms with Gasteiger partial charge >= 0.3 is 6.09 Å². The Morgan fingerprint density at radius 1 is 1.50 bits per heavy atom. The molecule has 0 aromatic heterocycles. The number of aliphatic hydroxyl groups is 2. The number of nitriles is 1. The zero-order chi connectivity index (χ0) is 19.7. The van der Waals surface area contributed by atoms with Gasteiger partial charge in [-0.25, -0.2) is 9.18 Å². The molecular formula is C18H23FN2O5. The minimum atomic E-state index is -1.75. The van der Waals surface area contributed by atoms with Crippen LogP contribution in [-0.4, -0.2) is 57.7 Å². The first-order chi connectivity index (χ1) is 12.0. The van der Waals surface area contributed by atoms with Crippen molar-refractivity contribution in [2.24, 2.45) is 0 Å².